The first-order valence-electron chi connectivity index (χ1n) is 10.0. The summed E-state index contributed by atoms with van der Waals surface area (Å²) in [5.41, 5.74) is 4.26. The topological polar surface area (TPSA) is 0 Å². The van der Waals surface area contributed by atoms with E-state index in [4.69, 9.17) is 0 Å². The molecule has 0 fully saturated rings. The fourth-order valence-corrected chi connectivity index (χ4v) is 3.44. The van der Waals surface area contributed by atoms with Crippen LogP contribution in [0.25, 0.3) is 11.1 Å². The van der Waals surface area contributed by atoms with E-state index in [9.17, 15) is 0 Å². The molecular weight excluding hydrogens is 328 g/mol. The summed E-state index contributed by atoms with van der Waals surface area (Å²) in [5, 5.41) is 0. The molecule has 0 unspecified atom stereocenters. The summed E-state index contributed by atoms with van der Waals surface area (Å²) in [7, 11) is 0. The van der Waals surface area contributed by atoms with Gasteiger partial charge in [0.2, 0.25) is 0 Å². The number of hydrogen-bond acceptors (Lipinski definition) is 0. The van der Waals surface area contributed by atoms with Crippen molar-refractivity contribution < 1.29 is 0 Å². The third kappa shape index (κ3) is 9.27. The van der Waals surface area contributed by atoms with E-state index >= 15 is 0 Å². The number of benzene rings is 2. The van der Waals surface area contributed by atoms with Crippen LogP contribution >= 0.6 is 0 Å². The molecule has 0 spiro atoms. The Balaban J connectivity index is 0.00000312. The second-order valence-electron chi connectivity index (χ2n) is 6.96. The zero-order chi connectivity index (χ0) is 16.9. The molecule has 0 saturated heterocycles. The maximum absolute atomic E-state index is 2.30. The van der Waals surface area contributed by atoms with Crippen LogP contribution in [0, 0.1) is 0 Å². The van der Waals surface area contributed by atoms with Crippen LogP contribution in [0.5, 0.6) is 0 Å². The molecule has 0 aliphatic heterocycles. The Kier molecular flexibility index (Phi) is 13.5. The van der Waals surface area contributed by atoms with Crippen molar-refractivity contribution in [3.05, 3.63) is 60.2 Å². The van der Waals surface area contributed by atoms with Crippen LogP contribution in [0.4, 0.5) is 0 Å². The van der Waals surface area contributed by atoms with Crippen molar-refractivity contribution >= 4 is 37.7 Å². The quantitative estimate of drug-likeness (QED) is 0.284. The Morgan fingerprint density at radius 1 is 0.560 bits per heavy atom. The van der Waals surface area contributed by atoms with E-state index in [1.54, 1.807) is 0 Å². The van der Waals surface area contributed by atoms with E-state index in [2.05, 4.69) is 61.5 Å². The van der Waals surface area contributed by atoms with E-state index in [-0.39, 0.29) is 37.7 Å². The molecule has 0 aliphatic rings. The molecule has 0 radical (unpaired) electrons. The molecule has 2 aromatic rings. The van der Waals surface area contributed by atoms with Gasteiger partial charge >= 0.3 is 37.7 Å². The molecule has 0 nitrogen and oxygen atoms in total. The molecule has 2 aromatic carbocycles. The van der Waals surface area contributed by atoms with Gasteiger partial charge < -0.3 is 0 Å². The summed E-state index contributed by atoms with van der Waals surface area (Å²) in [6.45, 7) is 2.29. The molecule has 0 saturated carbocycles. The summed E-state index contributed by atoms with van der Waals surface area (Å²) in [6, 6.07) is 19.7. The van der Waals surface area contributed by atoms with Gasteiger partial charge in [-0.2, -0.15) is 0 Å². The minimum absolute atomic E-state index is 0. The predicted molar refractivity (Wildman–Crippen MR) is 116 cm³/mol. The van der Waals surface area contributed by atoms with Gasteiger partial charge in [0.25, 0.3) is 0 Å². The first kappa shape index (κ1) is 22.7. The fourth-order valence-electron chi connectivity index (χ4n) is 3.44. The van der Waals surface area contributed by atoms with Gasteiger partial charge in [-0.05, 0) is 29.5 Å². The Morgan fingerprint density at radius 3 is 1.72 bits per heavy atom. The van der Waals surface area contributed by atoms with Crippen molar-refractivity contribution in [1.82, 2.24) is 0 Å². The van der Waals surface area contributed by atoms with Gasteiger partial charge in [0.1, 0.15) is 0 Å². The SMILES string of the molecule is CCCCCCCCCCCCc1ccccc1-c1ccccc1.[CaH2]. The normalized spacial score (nSPS) is 10.4. The Bertz CT molecular complexity index is 547. The van der Waals surface area contributed by atoms with E-state index < -0.39 is 0 Å². The van der Waals surface area contributed by atoms with Crippen LogP contribution in [0.3, 0.4) is 0 Å². The van der Waals surface area contributed by atoms with Gasteiger partial charge in [0, 0.05) is 0 Å². The molecule has 0 N–H and O–H groups in total. The predicted octanol–water partition coefficient (Wildman–Crippen LogP) is 6.90. The molecule has 0 bridgehead atoms. The summed E-state index contributed by atoms with van der Waals surface area (Å²) in [4.78, 5) is 0. The van der Waals surface area contributed by atoms with E-state index in [1.807, 2.05) is 0 Å². The molecule has 25 heavy (non-hydrogen) atoms. The van der Waals surface area contributed by atoms with Crippen molar-refractivity contribution in [2.75, 3.05) is 0 Å². The standard InChI is InChI=1S/C24H34.Ca.2H/c1-2-3-4-5-6-7-8-9-10-12-17-23-20-15-16-21-24(23)22-18-13-11-14-19-22;;;/h11,13-16,18-21H,2-10,12,17H2,1H3;;;. The van der Waals surface area contributed by atoms with Gasteiger partial charge in [-0.15, -0.1) is 0 Å². The molecule has 134 valence electrons. The fraction of sp³-hybridized carbons (Fsp3) is 0.500. The average molecular weight is 365 g/mol. The zero-order valence-electron chi connectivity index (χ0n) is 15.5. The third-order valence-electron chi connectivity index (χ3n) is 4.90. The van der Waals surface area contributed by atoms with Crippen LogP contribution in [-0.4, -0.2) is 37.7 Å². The van der Waals surface area contributed by atoms with Gasteiger partial charge in [-0.25, -0.2) is 0 Å². The Morgan fingerprint density at radius 2 is 1.08 bits per heavy atom. The molecule has 0 aromatic heterocycles. The zero-order valence-corrected chi connectivity index (χ0v) is 15.5. The molecular formula is C24H36Ca. The monoisotopic (exact) mass is 364 g/mol. The third-order valence-corrected chi connectivity index (χ3v) is 4.90. The molecule has 2 rings (SSSR count). The summed E-state index contributed by atoms with van der Waals surface area (Å²) in [6.07, 6.45) is 15.3. The van der Waals surface area contributed by atoms with Crippen LogP contribution < -0.4 is 0 Å². The van der Waals surface area contributed by atoms with Crippen molar-refractivity contribution in [3.8, 4) is 11.1 Å². The Hall–Kier alpha value is -0.300. The summed E-state index contributed by atoms with van der Waals surface area (Å²) < 4.78 is 0. The van der Waals surface area contributed by atoms with Gasteiger partial charge in [-0.1, -0.05) is 119 Å². The van der Waals surface area contributed by atoms with E-state index in [0.717, 1.165) is 0 Å². The van der Waals surface area contributed by atoms with Gasteiger partial charge in [0.05, 0.1) is 0 Å². The van der Waals surface area contributed by atoms with E-state index in [0.29, 0.717) is 0 Å². The van der Waals surface area contributed by atoms with Crippen LogP contribution in [-0.2, 0) is 6.42 Å². The minimum atomic E-state index is 0. The van der Waals surface area contributed by atoms with Crippen molar-refractivity contribution in [2.24, 2.45) is 0 Å². The maximum atomic E-state index is 2.30. The average Bonchev–Trinajstić information content (AvgIpc) is 2.64. The number of aryl methyl sites for hydroxylation is 1. The molecule has 0 amide bonds. The molecule has 1 heteroatoms. The first-order valence-corrected chi connectivity index (χ1v) is 10.0. The van der Waals surface area contributed by atoms with Crippen LogP contribution in [0.15, 0.2) is 54.6 Å². The molecule has 0 heterocycles. The van der Waals surface area contributed by atoms with Crippen molar-refractivity contribution in [2.45, 2.75) is 77.6 Å². The van der Waals surface area contributed by atoms with Gasteiger partial charge in [-0.3, -0.25) is 0 Å². The number of rotatable bonds is 12. The number of hydrogen-bond donors (Lipinski definition) is 0. The summed E-state index contributed by atoms with van der Waals surface area (Å²) >= 11 is 0. The van der Waals surface area contributed by atoms with Crippen molar-refractivity contribution in [3.63, 3.8) is 0 Å². The first-order chi connectivity index (χ1) is 11.9. The van der Waals surface area contributed by atoms with Crippen LogP contribution in [0.2, 0.25) is 0 Å². The Labute approximate surface area is 185 Å². The molecule has 0 aliphatic carbocycles. The number of unbranched alkanes of at least 4 members (excludes halogenated alkanes) is 9. The second-order valence-corrected chi connectivity index (χ2v) is 6.96. The van der Waals surface area contributed by atoms with Crippen LogP contribution in [0.1, 0.15) is 76.7 Å². The van der Waals surface area contributed by atoms with Gasteiger partial charge in [0.15, 0.2) is 0 Å². The van der Waals surface area contributed by atoms with E-state index in [1.165, 1.54) is 87.3 Å². The van der Waals surface area contributed by atoms with Crippen molar-refractivity contribution in [1.29, 1.82) is 0 Å². The molecule has 0 atom stereocenters. The second kappa shape index (κ2) is 14.8. The summed E-state index contributed by atoms with van der Waals surface area (Å²) in [5.74, 6) is 0.